The van der Waals surface area contributed by atoms with Crippen LogP contribution in [-0.4, -0.2) is 36.9 Å². The number of rotatable bonds is 7. The summed E-state index contributed by atoms with van der Waals surface area (Å²) in [5.74, 6) is 1.42. The molecule has 0 bridgehead atoms. The quantitative estimate of drug-likeness (QED) is 0.723. The molecule has 1 aliphatic heterocycles. The van der Waals surface area contributed by atoms with E-state index in [1.165, 1.54) is 0 Å². The number of ether oxygens (including phenoxy) is 1. The Morgan fingerprint density at radius 3 is 2.95 bits per heavy atom. The van der Waals surface area contributed by atoms with E-state index < -0.39 is 0 Å². The fourth-order valence-electron chi connectivity index (χ4n) is 2.83. The minimum Gasteiger partial charge on any atom is -0.493 e. The van der Waals surface area contributed by atoms with E-state index in [0.717, 1.165) is 24.2 Å². The molecule has 0 saturated heterocycles. The number of benzene rings is 1. The average Bonchev–Trinajstić information content (AvgIpc) is 2.95. The molecule has 22 heavy (non-hydrogen) atoms. The Labute approximate surface area is 132 Å². The topological polar surface area (TPSA) is 70.6 Å². The van der Waals surface area contributed by atoms with Gasteiger partial charge in [-0.2, -0.15) is 0 Å². The number of aliphatic hydroxyl groups excluding tert-OH is 1. The van der Waals surface area contributed by atoms with Crippen LogP contribution in [-0.2, 0) is 0 Å². The van der Waals surface area contributed by atoms with Crippen LogP contribution in [0.4, 0.5) is 4.79 Å². The Hall–Kier alpha value is -1.75. The summed E-state index contributed by atoms with van der Waals surface area (Å²) in [7, 11) is 0. The second kappa shape index (κ2) is 8.03. The minimum atomic E-state index is -0.159. The first-order valence-electron chi connectivity index (χ1n) is 8.02. The standard InChI is InChI=1S/C17H26N2O3/c1-3-13(8-9-20)10-18-17(21)19-12(2)15-11-22-16-7-5-4-6-14(15)16/h4-7,12-13,15,20H,3,8-11H2,1-2H3,(H2,18,19,21). The Bertz CT molecular complexity index is 493. The predicted molar refractivity (Wildman–Crippen MR) is 86.2 cm³/mol. The molecule has 0 fully saturated rings. The third-order valence-corrected chi connectivity index (χ3v) is 4.37. The maximum atomic E-state index is 12.0. The molecule has 0 spiro atoms. The van der Waals surface area contributed by atoms with Crippen molar-refractivity contribution in [3.05, 3.63) is 29.8 Å². The summed E-state index contributed by atoms with van der Waals surface area (Å²) >= 11 is 0. The molecule has 0 aliphatic carbocycles. The molecule has 1 aliphatic rings. The van der Waals surface area contributed by atoms with Gasteiger partial charge in [-0.25, -0.2) is 4.79 Å². The monoisotopic (exact) mass is 306 g/mol. The van der Waals surface area contributed by atoms with E-state index >= 15 is 0 Å². The molecule has 122 valence electrons. The summed E-state index contributed by atoms with van der Waals surface area (Å²) in [5.41, 5.74) is 1.15. The van der Waals surface area contributed by atoms with Crippen LogP contribution in [0.2, 0.25) is 0 Å². The lowest BCUT2D eigenvalue weighted by atomic mass is 9.94. The first-order valence-corrected chi connectivity index (χ1v) is 8.02. The molecule has 3 unspecified atom stereocenters. The molecule has 0 saturated carbocycles. The fraction of sp³-hybridized carbons (Fsp3) is 0.588. The number of hydrogen-bond donors (Lipinski definition) is 3. The second-order valence-electron chi connectivity index (χ2n) is 5.88. The van der Waals surface area contributed by atoms with Gasteiger partial charge in [0.1, 0.15) is 5.75 Å². The average molecular weight is 306 g/mol. The molecule has 5 heteroatoms. The number of carbonyl (C=O) groups excluding carboxylic acids is 1. The molecule has 2 rings (SSSR count). The van der Waals surface area contributed by atoms with Crippen LogP contribution in [0, 0.1) is 5.92 Å². The largest absolute Gasteiger partial charge is 0.493 e. The lowest BCUT2D eigenvalue weighted by Gasteiger charge is -2.21. The lowest BCUT2D eigenvalue weighted by molar-refractivity contribution is 0.225. The van der Waals surface area contributed by atoms with Crippen LogP contribution in [0.1, 0.15) is 38.2 Å². The lowest BCUT2D eigenvalue weighted by Crippen LogP contribution is -2.45. The number of amides is 2. The summed E-state index contributed by atoms with van der Waals surface area (Å²) < 4.78 is 5.66. The van der Waals surface area contributed by atoms with E-state index in [1.54, 1.807) is 0 Å². The van der Waals surface area contributed by atoms with Crippen LogP contribution < -0.4 is 15.4 Å². The van der Waals surface area contributed by atoms with E-state index in [-0.39, 0.29) is 24.6 Å². The highest BCUT2D eigenvalue weighted by atomic mass is 16.5. The van der Waals surface area contributed by atoms with E-state index in [0.29, 0.717) is 19.1 Å². The van der Waals surface area contributed by atoms with E-state index in [1.807, 2.05) is 25.1 Å². The van der Waals surface area contributed by atoms with E-state index in [9.17, 15) is 4.79 Å². The van der Waals surface area contributed by atoms with Gasteiger partial charge in [0.2, 0.25) is 0 Å². The molecule has 0 radical (unpaired) electrons. The molecule has 5 nitrogen and oxygen atoms in total. The number of urea groups is 1. The highest BCUT2D eigenvalue weighted by molar-refractivity contribution is 5.74. The number of para-hydroxylation sites is 1. The first kappa shape index (κ1) is 16.6. The van der Waals surface area contributed by atoms with Crippen LogP contribution >= 0.6 is 0 Å². The third-order valence-electron chi connectivity index (χ3n) is 4.37. The predicted octanol–water partition coefficient (Wildman–Crippen LogP) is 2.26. The summed E-state index contributed by atoms with van der Waals surface area (Å²) in [6.45, 7) is 5.42. The van der Waals surface area contributed by atoms with Gasteiger partial charge in [-0.15, -0.1) is 0 Å². The van der Waals surface area contributed by atoms with Gasteiger partial charge in [0.25, 0.3) is 0 Å². The van der Waals surface area contributed by atoms with Crippen molar-refractivity contribution < 1.29 is 14.6 Å². The van der Waals surface area contributed by atoms with Crippen molar-refractivity contribution in [3.63, 3.8) is 0 Å². The van der Waals surface area contributed by atoms with Crippen LogP contribution in [0.15, 0.2) is 24.3 Å². The minimum absolute atomic E-state index is 0.00145. The second-order valence-corrected chi connectivity index (χ2v) is 5.88. The summed E-state index contributed by atoms with van der Waals surface area (Å²) in [4.78, 5) is 12.0. The van der Waals surface area contributed by atoms with Gasteiger partial charge >= 0.3 is 6.03 Å². The normalized spacial score (nSPS) is 19.0. The molecule has 1 aromatic carbocycles. The van der Waals surface area contributed by atoms with Crippen molar-refractivity contribution in [1.82, 2.24) is 10.6 Å². The van der Waals surface area contributed by atoms with Crippen molar-refractivity contribution in [3.8, 4) is 5.75 Å². The zero-order chi connectivity index (χ0) is 15.9. The van der Waals surface area contributed by atoms with Gasteiger partial charge in [-0.3, -0.25) is 0 Å². The summed E-state index contributed by atoms with van der Waals surface area (Å²) in [6, 6.07) is 7.81. The van der Waals surface area contributed by atoms with Gasteiger partial charge in [0.15, 0.2) is 0 Å². The Morgan fingerprint density at radius 1 is 1.45 bits per heavy atom. The van der Waals surface area contributed by atoms with Crippen LogP contribution in [0.3, 0.4) is 0 Å². The third kappa shape index (κ3) is 4.13. The molecule has 3 N–H and O–H groups in total. The van der Waals surface area contributed by atoms with Gasteiger partial charge in [0, 0.05) is 30.7 Å². The van der Waals surface area contributed by atoms with Gasteiger partial charge in [-0.1, -0.05) is 31.5 Å². The van der Waals surface area contributed by atoms with Gasteiger partial charge in [-0.05, 0) is 25.3 Å². The Morgan fingerprint density at radius 2 is 2.23 bits per heavy atom. The van der Waals surface area contributed by atoms with Crippen LogP contribution in [0.5, 0.6) is 5.75 Å². The molecule has 3 atom stereocenters. The zero-order valence-corrected chi connectivity index (χ0v) is 13.3. The highest BCUT2D eigenvalue weighted by Crippen LogP contribution is 2.35. The van der Waals surface area contributed by atoms with E-state index in [4.69, 9.17) is 9.84 Å². The zero-order valence-electron chi connectivity index (χ0n) is 13.3. The summed E-state index contributed by atoms with van der Waals surface area (Å²) in [5, 5.41) is 14.9. The Balaban J connectivity index is 1.82. The Kier molecular flexibility index (Phi) is 6.07. The van der Waals surface area contributed by atoms with Crippen LogP contribution in [0.25, 0.3) is 0 Å². The maximum absolute atomic E-state index is 12.0. The smallest absolute Gasteiger partial charge is 0.315 e. The molecular weight excluding hydrogens is 280 g/mol. The van der Waals surface area contributed by atoms with Crippen molar-refractivity contribution in [2.24, 2.45) is 5.92 Å². The maximum Gasteiger partial charge on any atom is 0.315 e. The summed E-state index contributed by atoms with van der Waals surface area (Å²) in [6.07, 6.45) is 1.66. The van der Waals surface area contributed by atoms with Gasteiger partial charge < -0.3 is 20.5 Å². The molecule has 1 aromatic rings. The number of fused-ring (bicyclic) bond motifs is 1. The number of nitrogens with one attached hydrogen (secondary N) is 2. The van der Waals surface area contributed by atoms with Crippen molar-refractivity contribution in [2.45, 2.75) is 38.6 Å². The first-order chi connectivity index (χ1) is 10.7. The van der Waals surface area contributed by atoms with Crippen molar-refractivity contribution >= 4 is 6.03 Å². The van der Waals surface area contributed by atoms with Crippen molar-refractivity contribution in [2.75, 3.05) is 19.8 Å². The molecule has 0 aromatic heterocycles. The SMILES string of the molecule is CCC(CCO)CNC(=O)NC(C)C1COc2ccccc21. The highest BCUT2D eigenvalue weighted by Gasteiger charge is 2.29. The molecular formula is C17H26N2O3. The van der Waals surface area contributed by atoms with E-state index in [2.05, 4.69) is 23.6 Å². The number of aliphatic hydroxyl groups is 1. The molecule has 2 amide bonds. The fourth-order valence-corrected chi connectivity index (χ4v) is 2.83. The number of carbonyl (C=O) groups is 1. The van der Waals surface area contributed by atoms with Crippen molar-refractivity contribution in [1.29, 1.82) is 0 Å². The van der Waals surface area contributed by atoms with Gasteiger partial charge in [0.05, 0.1) is 6.61 Å². The molecule has 1 heterocycles. The number of hydrogen-bond acceptors (Lipinski definition) is 3.